The molecule has 3 fully saturated rings. The maximum Gasteiger partial charge on any atom is 0.354 e. The van der Waals surface area contributed by atoms with Crippen molar-refractivity contribution >= 4 is 17.8 Å². The first-order valence-electron chi connectivity index (χ1n) is 13.5. The number of aliphatic hydroxyl groups is 1. The lowest BCUT2D eigenvalue weighted by Crippen LogP contribution is -2.60. The molecule has 3 aliphatic rings. The Morgan fingerprint density at radius 3 is 2.46 bits per heavy atom. The molecule has 3 amide bonds. The fourth-order valence-electron chi connectivity index (χ4n) is 5.70. The SMILES string of the molecule is CC(N)(CO)C(=O)N1CCN(C(=O)Nc2ccn(-c3ccc(CCN4CC5CC5(CN)C4)cc3)c(=O)n2)CC1. The first-order chi connectivity index (χ1) is 18.6. The molecule has 3 atom stereocenters. The van der Waals surface area contributed by atoms with Crippen molar-refractivity contribution in [1.82, 2.24) is 24.3 Å². The highest BCUT2D eigenvalue weighted by atomic mass is 16.3. The maximum absolute atomic E-state index is 12.7. The molecule has 1 aromatic heterocycles. The van der Waals surface area contributed by atoms with E-state index in [0.717, 1.165) is 38.5 Å². The Hall–Kier alpha value is -3.32. The summed E-state index contributed by atoms with van der Waals surface area (Å²) in [4.78, 5) is 47.4. The van der Waals surface area contributed by atoms with Crippen LogP contribution < -0.4 is 22.5 Å². The van der Waals surface area contributed by atoms with Gasteiger partial charge in [-0.2, -0.15) is 4.98 Å². The molecule has 1 aliphatic carbocycles. The minimum absolute atomic E-state index is 0.158. The monoisotopic (exact) mass is 538 g/mol. The Balaban J connectivity index is 1.12. The van der Waals surface area contributed by atoms with E-state index in [1.807, 2.05) is 24.3 Å². The lowest BCUT2D eigenvalue weighted by molar-refractivity contribution is -0.139. The standard InChI is InChI=1S/C27H38N8O4/c1-26(29,18-36)23(37)33-10-12-34(13-11-33)24(38)30-22-7-9-35(25(39)31-22)21-4-2-19(3-5-21)6-8-32-15-20-14-27(20,16-28)17-32/h2-5,7,9,20,36H,6,8,10-18,28-29H2,1H3,(H,30,31,38,39). The summed E-state index contributed by atoms with van der Waals surface area (Å²) in [5.74, 6) is 0.579. The lowest BCUT2D eigenvalue weighted by Gasteiger charge is -2.37. The van der Waals surface area contributed by atoms with E-state index in [9.17, 15) is 19.5 Å². The van der Waals surface area contributed by atoms with Crippen LogP contribution in [-0.4, -0.2) is 106 Å². The molecule has 2 aromatic rings. The van der Waals surface area contributed by atoms with Gasteiger partial charge in [0.15, 0.2) is 0 Å². The van der Waals surface area contributed by atoms with Crippen molar-refractivity contribution in [2.24, 2.45) is 22.8 Å². The number of aliphatic hydroxyl groups excluding tert-OH is 1. The van der Waals surface area contributed by atoms with E-state index in [-0.39, 0.29) is 11.7 Å². The number of nitrogens with two attached hydrogens (primary N) is 2. The Morgan fingerprint density at radius 2 is 1.85 bits per heavy atom. The smallest absolute Gasteiger partial charge is 0.354 e. The van der Waals surface area contributed by atoms with Gasteiger partial charge in [0, 0.05) is 52.0 Å². The topological polar surface area (TPSA) is 163 Å². The molecule has 0 radical (unpaired) electrons. The fraction of sp³-hybridized carbons (Fsp3) is 0.556. The number of rotatable bonds is 8. The number of anilines is 1. The van der Waals surface area contributed by atoms with Crippen molar-refractivity contribution < 1.29 is 14.7 Å². The van der Waals surface area contributed by atoms with Gasteiger partial charge in [0.1, 0.15) is 11.4 Å². The van der Waals surface area contributed by atoms with Gasteiger partial charge < -0.3 is 31.3 Å². The van der Waals surface area contributed by atoms with Crippen LogP contribution in [0.2, 0.25) is 0 Å². The second kappa shape index (κ2) is 10.7. The number of piperidine rings is 1. The number of likely N-dealkylation sites (tertiary alicyclic amines) is 1. The predicted octanol–water partition coefficient (Wildman–Crippen LogP) is -0.559. The molecule has 5 rings (SSSR count). The molecule has 3 unspecified atom stereocenters. The average molecular weight is 539 g/mol. The van der Waals surface area contributed by atoms with Crippen LogP contribution in [0, 0.1) is 11.3 Å². The molecular formula is C27H38N8O4. The van der Waals surface area contributed by atoms with Crippen LogP contribution in [0.4, 0.5) is 10.6 Å². The summed E-state index contributed by atoms with van der Waals surface area (Å²) in [6, 6.07) is 9.06. The highest BCUT2D eigenvalue weighted by Crippen LogP contribution is 2.56. The lowest BCUT2D eigenvalue weighted by atomic mass is 10.0. The molecule has 39 heavy (non-hydrogen) atoms. The first kappa shape index (κ1) is 27.3. The minimum atomic E-state index is -1.35. The molecule has 0 bridgehead atoms. The van der Waals surface area contributed by atoms with Crippen LogP contribution >= 0.6 is 0 Å². The molecule has 1 saturated carbocycles. The molecule has 0 spiro atoms. The van der Waals surface area contributed by atoms with E-state index in [2.05, 4.69) is 15.2 Å². The van der Waals surface area contributed by atoms with Crippen LogP contribution in [0.5, 0.6) is 0 Å². The van der Waals surface area contributed by atoms with Crippen molar-refractivity contribution in [3.8, 4) is 5.69 Å². The van der Waals surface area contributed by atoms with Crippen LogP contribution in [0.15, 0.2) is 41.3 Å². The number of aromatic nitrogens is 2. The van der Waals surface area contributed by atoms with Crippen molar-refractivity contribution in [3.63, 3.8) is 0 Å². The van der Waals surface area contributed by atoms with Crippen molar-refractivity contribution in [3.05, 3.63) is 52.6 Å². The number of hydrogen-bond acceptors (Lipinski definition) is 8. The van der Waals surface area contributed by atoms with Crippen LogP contribution in [-0.2, 0) is 11.2 Å². The van der Waals surface area contributed by atoms with Gasteiger partial charge in [-0.25, -0.2) is 9.59 Å². The van der Waals surface area contributed by atoms with Gasteiger partial charge in [-0.1, -0.05) is 12.1 Å². The quantitative estimate of drug-likeness (QED) is 0.348. The number of nitrogens with zero attached hydrogens (tertiary/aromatic N) is 5. The summed E-state index contributed by atoms with van der Waals surface area (Å²) in [5.41, 5.74) is 12.2. The highest BCUT2D eigenvalue weighted by Gasteiger charge is 2.58. The van der Waals surface area contributed by atoms with Crippen LogP contribution in [0.1, 0.15) is 18.9 Å². The summed E-state index contributed by atoms with van der Waals surface area (Å²) < 4.78 is 1.44. The van der Waals surface area contributed by atoms with E-state index >= 15 is 0 Å². The summed E-state index contributed by atoms with van der Waals surface area (Å²) in [5, 5.41) is 12.0. The van der Waals surface area contributed by atoms with E-state index in [0.29, 0.717) is 37.3 Å². The van der Waals surface area contributed by atoms with E-state index in [1.165, 1.54) is 28.4 Å². The molecule has 1 aromatic carbocycles. The molecule has 2 aliphatic heterocycles. The number of carbonyl (C=O) groups excluding carboxylic acids is 2. The van der Waals surface area contributed by atoms with Crippen LogP contribution in [0.25, 0.3) is 5.69 Å². The summed E-state index contributed by atoms with van der Waals surface area (Å²) in [7, 11) is 0. The summed E-state index contributed by atoms with van der Waals surface area (Å²) in [6.07, 6.45) is 3.82. The van der Waals surface area contributed by atoms with Gasteiger partial charge in [0.25, 0.3) is 0 Å². The Labute approximate surface area is 227 Å². The maximum atomic E-state index is 12.7. The molecule has 12 heteroatoms. The molecule has 6 N–H and O–H groups in total. The summed E-state index contributed by atoms with van der Waals surface area (Å²) >= 11 is 0. The molecule has 12 nitrogen and oxygen atoms in total. The Bertz CT molecular complexity index is 1270. The number of amides is 3. The Morgan fingerprint density at radius 1 is 1.15 bits per heavy atom. The Kier molecular flexibility index (Phi) is 7.47. The average Bonchev–Trinajstić information content (AvgIpc) is 3.51. The fourth-order valence-corrected chi connectivity index (χ4v) is 5.70. The third kappa shape index (κ3) is 5.69. The number of piperazine rings is 1. The van der Waals surface area contributed by atoms with Gasteiger partial charge in [-0.15, -0.1) is 0 Å². The minimum Gasteiger partial charge on any atom is -0.394 e. The largest absolute Gasteiger partial charge is 0.394 e. The third-order valence-electron chi connectivity index (χ3n) is 8.42. The van der Waals surface area contributed by atoms with Gasteiger partial charge in [0.2, 0.25) is 5.91 Å². The molecule has 2 saturated heterocycles. The third-order valence-corrected chi connectivity index (χ3v) is 8.42. The van der Waals surface area contributed by atoms with Gasteiger partial charge in [-0.05, 0) is 61.4 Å². The predicted molar refractivity (Wildman–Crippen MR) is 146 cm³/mol. The molecule has 210 valence electrons. The first-order valence-corrected chi connectivity index (χ1v) is 13.5. The number of carbonyl (C=O) groups is 2. The van der Waals surface area contributed by atoms with Crippen LogP contribution in [0.3, 0.4) is 0 Å². The number of nitrogens with one attached hydrogen (secondary N) is 1. The number of urea groups is 1. The zero-order valence-electron chi connectivity index (χ0n) is 22.4. The number of benzene rings is 1. The van der Waals surface area contributed by atoms with Gasteiger partial charge in [0.05, 0.1) is 12.3 Å². The van der Waals surface area contributed by atoms with Crippen molar-refractivity contribution in [2.75, 3.05) is 64.3 Å². The second-order valence-electron chi connectivity index (χ2n) is 11.4. The van der Waals surface area contributed by atoms with Crippen molar-refractivity contribution in [1.29, 1.82) is 0 Å². The summed E-state index contributed by atoms with van der Waals surface area (Å²) in [6.45, 7) is 6.27. The molecule has 3 heterocycles. The van der Waals surface area contributed by atoms with E-state index < -0.39 is 23.9 Å². The molecular weight excluding hydrogens is 500 g/mol. The zero-order valence-corrected chi connectivity index (χ0v) is 22.4. The van der Waals surface area contributed by atoms with Crippen molar-refractivity contribution in [2.45, 2.75) is 25.3 Å². The second-order valence-corrected chi connectivity index (χ2v) is 11.4. The van der Waals surface area contributed by atoms with Gasteiger partial charge in [-0.3, -0.25) is 14.7 Å². The normalized spacial score (nSPS) is 24.3. The van der Waals surface area contributed by atoms with E-state index in [1.54, 1.807) is 17.2 Å². The van der Waals surface area contributed by atoms with Gasteiger partial charge >= 0.3 is 11.7 Å². The number of hydrogen-bond donors (Lipinski definition) is 4. The number of fused-ring (bicyclic) bond motifs is 1. The zero-order chi connectivity index (χ0) is 27.8. The highest BCUT2D eigenvalue weighted by molar-refractivity contribution is 5.89. The van der Waals surface area contributed by atoms with E-state index in [4.69, 9.17) is 11.5 Å².